The van der Waals surface area contributed by atoms with Gasteiger partial charge in [-0.25, -0.2) is 22.0 Å². The van der Waals surface area contributed by atoms with Gasteiger partial charge in [0.25, 0.3) is 0 Å². The zero-order valence-corrected chi connectivity index (χ0v) is 20.7. The smallest absolute Gasteiger partial charge is 0.309 e. The normalized spacial score (nSPS) is 16.4. The number of carboxylic acids is 1. The summed E-state index contributed by atoms with van der Waals surface area (Å²) in [6.45, 7) is 1.34. The van der Waals surface area contributed by atoms with Crippen LogP contribution < -0.4 is 10.1 Å². The van der Waals surface area contributed by atoms with Gasteiger partial charge in [0.15, 0.2) is 11.6 Å². The summed E-state index contributed by atoms with van der Waals surface area (Å²) in [7, 11) is 1.44. The van der Waals surface area contributed by atoms with E-state index in [0.29, 0.717) is 37.0 Å². The maximum atomic E-state index is 15.4. The number of alkyl halides is 1. The van der Waals surface area contributed by atoms with Gasteiger partial charge in [-0.15, -0.1) is 0 Å². The minimum absolute atomic E-state index is 0.0105. The van der Waals surface area contributed by atoms with Crippen LogP contribution in [0.25, 0.3) is 10.9 Å². The molecule has 38 heavy (non-hydrogen) atoms. The second-order valence-electron chi connectivity index (χ2n) is 9.51. The van der Waals surface area contributed by atoms with Crippen molar-refractivity contribution < 1.29 is 36.6 Å². The average Bonchev–Trinajstić information content (AvgIpc) is 2.90. The number of pyridine rings is 1. The summed E-state index contributed by atoms with van der Waals surface area (Å²) in [4.78, 5) is 18.2. The van der Waals surface area contributed by atoms with E-state index in [9.17, 15) is 27.5 Å². The Hall–Kier alpha value is -3.47. The van der Waals surface area contributed by atoms with Crippen LogP contribution >= 0.6 is 0 Å². The number of ether oxygens (including phenoxy) is 1. The molecule has 3 aromatic rings. The number of carbonyl (C=O) groups is 1. The van der Waals surface area contributed by atoms with E-state index < -0.39 is 40.8 Å². The number of benzene rings is 2. The van der Waals surface area contributed by atoms with Crippen LogP contribution in [0.15, 0.2) is 36.5 Å². The fourth-order valence-corrected chi connectivity index (χ4v) is 4.97. The SMILES string of the molecule is COc1ccc2ncc(F)c(C(F)CCC3(C(=O)O)CCN(CCNc4cc(F)cc(F)c4F)CC3)c2c1. The second-order valence-corrected chi connectivity index (χ2v) is 9.51. The van der Waals surface area contributed by atoms with E-state index in [4.69, 9.17) is 4.74 Å². The molecule has 0 saturated carbocycles. The molecule has 0 bridgehead atoms. The minimum Gasteiger partial charge on any atom is -0.497 e. The number of anilines is 1. The number of nitrogens with zero attached hydrogens (tertiary/aromatic N) is 2. The Morgan fingerprint density at radius 3 is 2.58 bits per heavy atom. The number of carboxylic acid groups (broad SMARTS) is 1. The average molecular weight is 538 g/mol. The number of piperidine rings is 1. The predicted octanol–water partition coefficient (Wildman–Crippen LogP) is 5.87. The Bertz CT molecular complexity index is 1310. The largest absolute Gasteiger partial charge is 0.497 e. The summed E-state index contributed by atoms with van der Waals surface area (Å²) >= 11 is 0. The summed E-state index contributed by atoms with van der Waals surface area (Å²) in [5.41, 5.74) is -1.23. The molecule has 1 unspecified atom stereocenters. The van der Waals surface area contributed by atoms with Crippen LogP contribution in [0.3, 0.4) is 0 Å². The van der Waals surface area contributed by atoms with Crippen LogP contribution in [0.5, 0.6) is 5.75 Å². The number of aromatic nitrogens is 1. The van der Waals surface area contributed by atoms with Crippen LogP contribution in [-0.2, 0) is 4.79 Å². The van der Waals surface area contributed by atoms with Gasteiger partial charge in [0.05, 0.1) is 29.9 Å². The molecule has 1 aliphatic rings. The van der Waals surface area contributed by atoms with Gasteiger partial charge in [0.2, 0.25) is 0 Å². The number of likely N-dealkylation sites (tertiary alicyclic amines) is 1. The minimum atomic E-state index is -1.74. The Labute approximate surface area is 216 Å². The highest BCUT2D eigenvalue weighted by atomic mass is 19.2. The van der Waals surface area contributed by atoms with E-state index in [-0.39, 0.29) is 48.9 Å². The summed E-state index contributed by atoms with van der Waals surface area (Å²) in [6.07, 6.45) is -0.480. The molecule has 11 heteroatoms. The molecule has 1 atom stereocenters. The number of halogens is 5. The first-order valence-corrected chi connectivity index (χ1v) is 12.2. The van der Waals surface area contributed by atoms with Gasteiger partial charge in [-0.05, 0) is 57.0 Å². The van der Waals surface area contributed by atoms with Crippen LogP contribution in [-0.4, -0.2) is 54.2 Å². The Morgan fingerprint density at radius 1 is 1.16 bits per heavy atom. The number of rotatable bonds is 10. The summed E-state index contributed by atoms with van der Waals surface area (Å²) in [5.74, 6) is -4.79. The Balaban J connectivity index is 1.37. The van der Waals surface area contributed by atoms with Crippen molar-refractivity contribution in [1.82, 2.24) is 9.88 Å². The monoisotopic (exact) mass is 537 g/mol. The van der Waals surface area contributed by atoms with E-state index in [2.05, 4.69) is 10.3 Å². The standard InChI is InChI=1S/C27H28F5N3O3/c1-38-17-2-3-22-18(14-17)24(21(31)15-34-22)19(29)4-5-27(26(36)37)6-9-35(10-7-27)11-8-33-23-13-16(28)12-20(30)25(23)32/h2-3,12-15,19,33H,4-11H2,1H3,(H,36,37). The van der Waals surface area contributed by atoms with E-state index >= 15 is 4.39 Å². The molecule has 204 valence electrons. The van der Waals surface area contributed by atoms with Crippen molar-refractivity contribution in [1.29, 1.82) is 0 Å². The summed E-state index contributed by atoms with van der Waals surface area (Å²) in [5, 5.41) is 12.9. The summed E-state index contributed by atoms with van der Waals surface area (Å²) < 4.78 is 75.8. The molecule has 6 nitrogen and oxygen atoms in total. The highest BCUT2D eigenvalue weighted by Crippen LogP contribution is 2.41. The van der Waals surface area contributed by atoms with Crippen LogP contribution in [0.1, 0.15) is 37.4 Å². The molecular weight excluding hydrogens is 509 g/mol. The molecule has 0 amide bonds. The van der Waals surface area contributed by atoms with Crippen LogP contribution in [0.2, 0.25) is 0 Å². The van der Waals surface area contributed by atoms with Gasteiger partial charge in [-0.2, -0.15) is 0 Å². The van der Waals surface area contributed by atoms with E-state index in [1.54, 1.807) is 12.1 Å². The predicted molar refractivity (Wildman–Crippen MR) is 132 cm³/mol. The molecule has 0 spiro atoms. The molecule has 1 saturated heterocycles. The van der Waals surface area contributed by atoms with Gasteiger partial charge in [0, 0.05) is 36.2 Å². The van der Waals surface area contributed by atoms with Crippen molar-refractivity contribution in [2.45, 2.75) is 31.9 Å². The molecule has 2 aromatic carbocycles. The molecule has 4 rings (SSSR count). The number of hydrogen-bond acceptors (Lipinski definition) is 5. The third kappa shape index (κ3) is 5.82. The fourth-order valence-electron chi connectivity index (χ4n) is 4.97. The maximum Gasteiger partial charge on any atom is 0.309 e. The van der Waals surface area contributed by atoms with Gasteiger partial charge in [-0.1, -0.05) is 0 Å². The van der Waals surface area contributed by atoms with Gasteiger partial charge >= 0.3 is 5.97 Å². The van der Waals surface area contributed by atoms with Crippen LogP contribution in [0.4, 0.5) is 27.6 Å². The van der Waals surface area contributed by atoms with E-state index in [0.717, 1.165) is 12.3 Å². The lowest BCUT2D eigenvalue weighted by Crippen LogP contribution is -2.45. The third-order valence-corrected chi connectivity index (χ3v) is 7.26. The highest BCUT2D eigenvalue weighted by Gasteiger charge is 2.41. The second kappa shape index (κ2) is 11.5. The quantitative estimate of drug-likeness (QED) is 0.249. The molecular formula is C27H28F5N3O3. The zero-order valence-electron chi connectivity index (χ0n) is 20.7. The molecule has 2 N–H and O–H groups in total. The number of hydrogen-bond donors (Lipinski definition) is 2. The Kier molecular flexibility index (Phi) is 8.35. The van der Waals surface area contributed by atoms with Crippen molar-refractivity contribution >= 4 is 22.6 Å². The van der Waals surface area contributed by atoms with Gasteiger partial charge in [0.1, 0.15) is 23.6 Å². The van der Waals surface area contributed by atoms with Crippen molar-refractivity contribution in [2.75, 3.05) is 38.6 Å². The number of fused-ring (bicyclic) bond motifs is 1. The lowest BCUT2D eigenvalue weighted by atomic mass is 9.74. The van der Waals surface area contributed by atoms with Gasteiger partial charge in [-0.3, -0.25) is 9.78 Å². The lowest BCUT2D eigenvalue weighted by Gasteiger charge is -2.39. The first kappa shape index (κ1) is 27.6. The molecule has 1 aromatic heterocycles. The summed E-state index contributed by atoms with van der Waals surface area (Å²) in [6, 6.07) is 6.08. The molecule has 2 heterocycles. The molecule has 0 radical (unpaired) electrons. The third-order valence-electron chi connectivity index (χ3n) is 7.26. The molecule has 1 aliphatic heterocycles. The molecule has 0 aliphatic carbocycles. The highest BCUT2D eigenvalue weighted by molar-refractivity contribution is 5.84. The van der Waals surface area contributed by atoms with Crippen molar-refractivity contribution in [3.8, 4) is 5.75 Å². The van der Waals surface area contributed by atoms with Crippen molar-refractivity contribution in [3.05, 3.63) is 65.4 Å². The number of nitrogens with one attached hydrogen (secondary N) is 1. The van der Waals surface area contributed by atoms with Crippen molar-refractivity contribution in [3.63, 3.8) is 0 Å². The topological polar surface area (TPSA) is 74.7 Å². The number of aliphatic carboxylic acids is 1. The fraction of sp³-hybridized carbons (Fsp3) is 0.407. The lowest BCUT2D eigenvalue weighted by molar-refractivity contribution is -0.153. The number of methoxy groups -OCH3 is 1. The van der Waals surface area contributed by atoms with E-state index in [1.165, 1.54) is 13.2 Å². The maximum absolute atomic E-state index is 15.4. The van der Waals surface area contributed by atoms with Gasteiger partial charge < -0.3 is 20.1 Å². The van der Waals surface area contributed by atoms with Crippen LogP contribution in [0, 0.1) is 28.7 Å². The zero-order chi connectivity index (χ0) is 27.4. The first-order valence-electron chi connectivity index (χ1n) is 12.2. The first-order chi connectivity index (χ1) is 18.1. The van der Waals surface area contributed by atoms with E-state index in [1.807, 2.05) is 4.90 Å². The van der Waals surface area contributed by atoms with Crippen molar-refractivity contribution in [2.24, 2.45) is 5.41 Å². The Morgan fingerprint density at radius 2 is 1.89 bits per heavy atom. The molecule has 1 fully saturated rings.